The van der Waals surface area contributed by atoms with Gasteiger partial charge in [0.1, 0.15) is 6.17 Å². The molecule has 0 N–H and O–H groups in total. The number of rotatable bonds is 4. The molecule has 0 saturated heterocycles. The highest BCUT2D eigenvalue weighted by atomic mass is 31.0. The van der Waals surface area contributed by atoms with Crippen LogP contribution in [0.25, 0.3) is 0 Å². The first-order valence-electron chi connectivity index (χ1n) is 3.18. The zero-order chi connectivity index (χ0) is 7.28. The largest absolute Gasteiger partial charge is 0.251 e. The SMILES string of the molecule is CCC(P)C(F)CCF. The van der Waals surface area contributed by atoms with Gasteiger partial charge in [-0.3, -0.25) is 4.39 Å². The Balaban J connectivity index is 3.32. The monoisotopic (exact) mass is 154 g/mol. The third kappa shape index (κ3) is 3.80. The molecule has 0 saturated carbocycles. The summed E-state index contributed by atoms with van der Waals surface area (Å²) in [5.74, 6) is 0. The molecule has 0 aliphatic rings. The fourth-order valence-electron chi connectivity index (χ4n) is 0.574. The van der Waals surface area contributed by atoms with Crippen LogP contribution in [0.5, 0.6) is 0 Å². The van der Waals surface area contributed by atoms with Crippen LogP contribution < -0.4 is 0 Å². The molecule has 0 heterocycles. The van der Waals surface area contributed by atoms with Crippen molar-refractivity contribution >= 4 is 9.24 Å². The molecule has 0 radical (unpaired) electrons. The van der Waals surface area contributed by atoms with Crippen LogP contribution in [0.3, 0.4) is 0 Å². The van der Waals surface area contributed by atoms with Crippen LogP contribution in [-0.2, 0) is 0 Å². The van der Waals surface area contributed by atoms with Gasteiger partial charge in [-0.15, -0.1) is 9.24 Å². The van der Waals surface area contributed by atoms with Crippen molar-refractivity contribution in [3.8, 4) is 0 Å². The molecular formula is C6H13F2P. The summed E-state index contributed by atoms with van der Waals surface area (Å²) in [6.45, 7) is 1.34. The predicted molar refractivity (Wildman–Crippen MR) is 39.3 cm³/mol. The fraction of sp³-hybridized carbons (Fsp3) is 1.00. The Morgan fingerprint density at radius 3 is 2.44 bits per heavy atom. The molecule has 3 unspecified atom stereocenters. The van der Waals surface area contributed by atoms with E-state index in [1.54, 1.807) is 0 Å². The molecule has 3 heteroatoms. The van der Waals surface area contributed by atoms with Gasteiger partial charge in [-0.2, -0.15) is 0 Å². The van der Waals surface area contributed by atoms with E-state index in [1.807, 2.05) is 6.92 Å². The van der Waals surface area contributed by atoms with Gasteiger partial charge in [0.05, 0.1) is 6.67 Å². The van der Waals surface area contributed by atoms with Crippen LogP contribution in [0, 0.1) is 0 Å². The van der Waals surface area contributed by atoms with Crippen LogP contribution in [0.2, 0.25) is 0 Å². The molecule has 0 spiro atoms. The number of hydrogen-bond acceptors (Lipinski definition) is 0. The van der Waals surface area contributed by atoms with Gasteiger partial charge in [0.25, 0.3) is 0 Å². The zero-order valence-corrected chi connectivity index (χ0v) is 6.76. The standard InChI is InChI=1S/C6H13F2P/c1-2-6(9)5(8)3-4-7/h5-6H,2-4,9H2,1H3. The van der Waals surface area contributed by atoms with E-state index in [-0.39, 0.29) is 12.1 Å². The van der Waals surface area contributed by atoms with Crippen LogP contribution in [0.4, 0.5) is 8.78 Å². The number of halogens is 2. The molecule has 0 aromatic rings. The second kappa shape index (κ2) is 5.10. The van der Waals surface area contributed by atoms with E-state index in [9.17, 15) is 8.78 Å². The van der Waals surface area contributed by atoms with E-state index in [1.165, 1.54) is 0 Å². The second-order valence-corrected chi connectivity index (χ2v) is 2.92. The molecule has 0 aromatic heterocycles. The van der Waals surface area contributed by atoms with Crippen LogP contribution in [-0.4, -0.2) is 18.5 Å². The van der Waals surface area contributed by atoms with Crippen molar-refractivity contribution in [2.24, 2.45) is 0 Å². The summed E-state index contributed by atoms with van der Waals surface area (Å²) >= 11 is 0. The minimum absolute atomic E-state index is 0.0437. The maximum Gasteiger partial charge on any atom is 0.109 e. The Hall–Kier alpha value is 0.290. The first kappa shape index (κ1) is 9.29. The molecule has 0 amide bonds. The van der Waals surface area contributed by atoms with Crippen molar-refractivity contribution in [2.75, 3.05) is 6.67 Å². The average Bonchev–Trinajstić information content (AvgIpc) is 1.87. The van der Waals surface area contributed by atoms with Crippen molar-refractivity contribution in [3.63, 3.8) is 0 Å². The summed E-state index contributed by atoms with van der Waals surface area (Å²) in [5, 5.41) is 0. The molecular weight excluding hydrogens is 141 g/mol. The van der Waals surface area contributed by atoms with Gasteiger partial charge in [-0.1, -0.05) is 6.92 Å². The van der Waals surface area contributed by atoms with Crippen molar-refractivity contribution < 1.29 is 8.78 Å². The van der Waals surface area contributed by atoms with Gasteiger partial charge in [0, 0.05) is 12.1 Å². The molecule has 0 fully saturated rings. The summed E-state index contributed by atoms with van der Waals surface area (Å²) in [5.41, 5.74) is -0.0688. The zero-order valence-electron chi connectivity index (χ0n) is 5.61. The highest BCUT2D eigenvalue weighted by Gasteiger charge is 2.13. The Morgan fingerprint density at radius 2 is 2.11 bits per heavy atom. The summed E-state index contributed by atoms with van der Waals surface area (Å²) < 4.78 is 24.0. The minimum Gasteiger partial charge on any atom is -0.251 e. The van der Waals surface area contributed by atoms with Gasteiger partial charge in [-0.05, 0) is 6.42 Å². The maximum absolute atomic E-state index is 12.5. The van der Waals surface area contributed by atoms with Gasteiger partial charge in [0.2, 0.25) is 0 Å². The van der Waals surface area contributed by atoms with Crippen LogP contribution in [0.1, 0.15) is 19.8 Å². The van der Waals surface area contributed by atoms with Crippen LogP contribution in [0.15, 0.2) is 0 Å². The lowest BCUT2D eigenvalue weighted by Crippen LogP contribution is -2.14. The molecule has 0 aromatic carbocycles. The summed E-state index contributed by atoms with van der Waals surface area (Å²) in [7, 11) is 2.38. The smallest absolute Gasteiger partial charge is 0.109 e. The third-order valence-electron chi connectivity index (χ3n) is 1.32. The normalized spacial score (nSPS) is 17.3. The van der Waals surface area contributed by atoms with Crippen LogP contribution >= 0.6 is 9.24 Å². The second-order valence-electron chi connectivity index (χ2n) is 2.07. The molecule has 9 heavy (non-hydrogen) atoms. The van der Waals surface area contributed by atoms with Gasteiger partial charge in [0.15, 0.2) is 0 Å². The van der Waals surface area contributed by atoms with E-state index < -0.39 is 12.8 Å². The summed E-state index contributed by atoms with van der Waals surface area (Å²) in [6, 6.07) is 0. The Morgan fingerprint density at radius 1 is 1.56 bits per heavy atom. The van der Waals surface area contributed by atoms with Gasteiger partial charge >= 0.3 is 0 Å². The fourth-order valence-corrected chi connectivity index (χ4v) is 0.767. The Kier molecular flexibility index (Phi) is 5.27. The summed E-state index contributed by atoms with van der Waals surface area (Å²) in [6.07, 6.45) is -0.182. The summed E-state index contributed by atoms with van der Waals surface area (Å²) in [4.78, 5) is 0. The van der Waals surface area contributed by atoms with Crippen molar-refractivity contribution in [2.45, 2.75) is 31.6 Å². The first-order chi connectivity index (χ1) is 4.22. The van der Waals surface area contributed by atoms with Gasteiger partial charge < -0.3 is 0 Å². The quantitative estimate of drug-likeness (QED) is 0.545. The molecule has 56 valence electrons. The lowest BCUT2D eigenvalue weighted by atomic mass is 10.2. The topological polar surface area (TPSA) is 0 Å². The molecule has 0 bridgehead atoms. The maximum atomic E-state index is 12.5. The Labute approximate surface area is 57.2 Å². The highest BCUT2D eigenvalue weighted by Crippen LogP contribution is 2.16. The molecule has 0 aliphatic carbocycles. The number of hydrogen-bond donors (Lipinski definition) is 0. The van der Waals surface area contributed by atoms with E-state index in [0.717, 1.165) is 6.42 Å². The van der Waals surface area contributed by atoms with Crippen molar-refractivity contribution in [1.82, 2.24) is 0 Å². The molecule has 0 nitrogen and oxygen atoms in total. The van der Waals surface area contributed by atoms with Gasteiger partial charge in [-0.25, -0.2) is 4.39 Å². The van der Waals surface area contributed by atoms with Crippen molar-refractivity contribution in [3.05, 3.63) is 0 Å². The molecule has 0 rings (SSSR count). The Bertz CT molecular complexity index is 68.1. The predicted octanol–water partition coefficient (Wildman–Crippen LogP) is 2.34. The molecule has 3 atom stereocenters. The van der Waals surface area contributed by atoms with E-state index >= 15 is 0 Å². The lowest BCUT2D eigenvalue weighted by molar-refractivity contribution is 0.274. The van der Waals surface area contributed by atoms with E-state index in [4.69, 9.17) is 0 Å². The first-order valence-corrected chi connectivity index (χ1v) is 3.84. The van der Waals surface area contributed by atoms with Crippen molar-refractivity contribution in [1.29, 1.82) is 0 Å². The number of alkyl halides is 2. The minimum atomic E-state index is -0.981. The third-order valence-corrected chi connectivity index (χ3v) is 2.21. The van der Waals surface area contributed by atoms with E-state index in [0.29, 0.717) is 0 Å². The average molecular weight is 154 g/mol. The van der Waals surface area contributed by atoms with E-state index in [2.05, 4.69) is 9.24 Å². The molecule has 0 aliphatic heterocycles. The highest BCUT2D eigenvalue weighted by molar-refractivity contribution is 7.17. The lowest BCUT2D eigenvalue weighted by Gasteiger charge is -2.11.